The van der Waals surface area contributed by atoms with E-state index in [4.69, 9.17) is 5.11 Å². The molecular weight excluding hydrogens is 125 g/mol. The third-order valence-corrected chi connectivity index (χ3v) is 1.03. The number of hydrogen-bond donors (Lipinski definition) is 2. The van der Waals surface area contributed by atoms with Gasteiger partial charge in [-0.3, -0.25) is 4.79 Å². The van der Waals surface area contributed by atoms with Gasteiger partial charge in [0.2, 0.25) is 6.17 Å². The number of nitrogens with two attached hydrogens (primary N) is 1. The zero-order valence-corrected chi connectivity index (χ0v) is 5.17. The SMILES string of the molecule is CCC(O)C(F)C(N)=O. The number of primary amides is 1. The predicted octanol–water partition coefficient (Wildman–Crippen LogP) is -0.419. The number of amides is 1. The van der Waals surface area contributed by atoms with Crippen LogP contribution in [0.2, 0.25) is 0 Å². The highest BCUT2D eigenvalue weighted by atomic mass is 19.1. The average Bonchev–Trinajstić information content (AvgIpc) is 1.84. The summed E-state index contributed by atoms with van der Waals surface area (Å²) in [4.78, 5) is 9.99. The van der Waals surface area contributed by atoms with Crippen LogP contribution in [0.5, 0.6) is 0 Å². The molecule has 9 heavy (non-hydrogen) atoms. The fraction of sp³-hybridized carbons (Fsp3) is 0.800. The van der Waals surface area contributed by atoms with Crippen LogP contribution in [-0.4, -0.2) is 23.3 Å². The molecule has 3 nitrogen and oxygen atoms in total. The molecule has 0 aliphatic rings. The summed E-state index contributed by atoms with van der Waals surface area (Å²) in [6.45, 7) is 1.57. The summed E-state index contributed by atoms with van der Waals surface area (Å²) in [6, 6.07) is 0. The third-order valence-electron chi connectivity index (χ3n) is 1.03. The van der Waals surface area contributed by atoms with Crippen LogP contribution >= 0.6 is 0 Å². The highest BCUT2D eigenvalue weighted by molar-refractivity contribution is 5.79. The Morgan fingerprint density at radius 3 is 2.44 bits per heavy atom. The first-order valence-corrected chi connectivity index (χ1v) is 2.71. The van der Waals surface area contributed by atoms with Crippen LogP contribution < -0.4 is 5.73 Å². The number of rotatable bonds is 3. The molecule has 0 bridgehead atoms. The normalized spacial score (nSPS) is 16.8. The van der Waals surface area contributed by atoms with Crippen molar-refractivity contribution in [3.8, 4) is 0 Å². The summed E-state index contributed by atoms with van der Waals surface area (Å²) in [5.41, 5.74) is 4.54. The zero-order chi connectivity index (χ0) is 7.44. The van der Waals surface area contributed by atoms with Crippen LogP contribution in [0.3, 0.4) is 0 Å². The number of alkyl halides is 1. The van der Waals surface area contributed by atoms with Crippen molar-refractivity contribution in [2.45, 2.75) is 25.6 Å². The molecule has 0 aliphatic carbocycles. The fourth-order valence-corrected chi connectivity index (χ4v) is 0.397. The Kier molecular flexibility index (Phi) is 3.16. The van der Waals surface area contributed by atoms with E-state index in [0.717, 1.165) is 0 Å². The summed E-state index contributed by atoms with van der Waals surface area (Å²) in [5, 5.41) is 8.62. The molecule has 0 saturated heterocycles. The van der Waals surface area contributed by atoms with Crippen molar-refractivity contribution in [2.24, 2.45) is 5.73 Å². The molecule has 0 spiro atoms. The monoisotopic (exact) mass is 135 g/mol. The van der Waals surface area contributed by atoms with Gasteiger partial charge in [-0.25, -0.2) is 4.39 Å². The van der Waals surface area contributed by atoms with Crippen molar-refractivity contribution >= 4 is 5.91 Å². The van der Waals surface area contributed by atoms with Crippen LogP contribution in [0, 0.1) is 0 Å². The fourth-order valence-electron chi connectivity index (χ4n) is 0.397. The molecule has 0 aliphatic heterocycles. The zero-order valence-electron chi connectivity index (χ0n) is 5.17. The van der Waals surface area contributed by atoms with E-state index in [9.17, 15) is 9.18 Å². The molecule has 0 aromatic heterocycles. The molecule has 0 radical (unpaired) electrons. The Morgan fingerprint density at radius 1 is 1.89 bits per heavy atom. The quantitative estimate of drug-likeness (QED) is 0.552. The maximum Gasteiger partial charge on any atom is 0.254 e. The van der Waals surface area contributed by atoms with Crippen molar-refractivity contribution in [2.75, 3.05) is 0 Å². The van der Waals surface area contributed by atoms with Crippen LogP contribution in [0.4, 0.5) is 4.39 Å². The van der Waals surface area contributed by atoms with Crippen molar-refractivity contribution in [1.29, 1.82) is 0 Å². The van der Waals surface area contributed by atoms with E-state index in [1.54, 1.807) is 6.92 Å². The van der Waals surface area contributed by atoms with E-state index in [1.165, 1.54) is 0 Å². The lowest BCUT2D eigenvalue weighted by Crippen LogP contribution is -2.34. The van der Waals surface area contributed by atoms with Crippen molar-refractivity contribution < 1.29 is 14.3 Å². The van der Waals surface area contributed by atoms with Gasteiger partial charge in [-0.15, -0.1) is 0 Å². The molecule has 0 aromatic rings. The molecular formula is C5H10FNO2. The number of carbonyl (C=O) groups excluding carboxylic acids is 1. The van der Waals surface area contributed by atoms with Gasteiger partial charge in [-0.05, 0) is 6.42 Å². The minimum atomic E-state index is -1.92. The van der Waals surface area contributed by atoms with Gasteiger partial charge in [0, 0.05) is 0 Å². The van der Waals surface area contributed by atoms with Crippen LogP contribution in [-0.2, 0) is 4.79 Å². The maximum atomic E-state index is 12.2. The Labute approximate surface area is 52.7 Å². The molecule has 0 heterocycles. The average molecular weight is 135 g/mol. The Morgan fingerprint density at radius 2 is 2.33 bits per heavy atom. The van der Waals surface area contributed by atoms with E-state index in [2.05, 4.69) is 5.73 Å². The number of hydrogen-bond acceptors (Lipinski definition) is 2. The molecule has 0 fully saturated rings. The molecule has 0 aromatic carbocycles. The van der Waals surface area contributed by atoms with Crippen molar-refractivity contribution in [3.63, 3.8) is 0 Å². The van der Waals surface area contributed by atoms with E-state index >= 15 is 0 Å². The molecule has 0 rings (SSSR count). The van der Waals surface area contributed by atoms with Gasteiger partial charge in [0.1, 0.15) is 0 Å². The second kappa shape index (κ2) is 3.40. The topological polar surface area (TPSA) is 63.3 Å². The minimum absolute atomic E-state index is 0.199. The highest BCUT2D eigenvalue weighted by Gasteiger charge is 2.21. The number of aliphatic hydroxyl groups is 1. The van der Waals surface area contributed by atoms with E-state index < -0.39 is 18.2 Å². The number of aliphatic hydroxyl groups excluding tert-OH is 1. The lowest BCUT2D eigenvalue weighted by atomic mass is 10.2. The van der Waals surface area contributed by atoms with Crippen molar-refractivity contribution in [1.82, 2.24) is 0 Å². The summed E-state index contributed by atoms with van der Waals surface area (Å²) in [7, 11) is 0. The second-order valence-electron chi connectivity index (χ2n) is 1.78. The van der Waals surface area contributed by atoms with Gasteiger partial charge in [0.25, 0.3) is 5.91 Å². The molecule has 2 atom stereocenters. The molecule has 3 N–H and O–H groups in total. The first-order chi connectivity index (χ1) is 4.09. The Balaban J connectivity index is 3.72. The Bertz CT molecular complexity index is 107. The molecule has 54 valence electrons. The van der Waals surface area contributed by atoms with Gasteiger partial charge < -0.3 is 10.8 Å². The van der Waals surface area contributed by atoms with Crippen LogP contribution in [0.1, 0.15) is 13.3 Å². The van der Waals surface area contributed by atoms with Gasteiger partial charge in [-0.1, -0.05) is 6.92 Å². The summed E-state index contributed by atoms with van der Waals surface area (Å²) in [5.74, 6) is -1.11. The number of carbonyl (C=O) groups is 1. The summed E-state index contributed by atoms with van der Waals surface area (Å²) >= 11 is 0. The molecule has 4 heteroatoms. The lowest BCUT2D eigenvalue weighted by molar-refractivity contribution is -0.126. The first-order valence-electron chi connectivity index (χ1n) is 2.71. The van der Waals surface area contributed by atoms with Crippen LogP contribution in [0.15, 0.2) is 0 Å². The lowest BCUT2D eigenvalue weighted by Gasteiger charge is -2.08. The van der Waals surface area contributed by atoms with Crippen LogP contribution in [0.25, 0.3) is 0 Å². The van der Waals surface area contributed by atoms with Gasteiger partial charge in [0.05, 0.1) is 6.10 Å². The maximum absolute atomic E-state index is 12.2. The van der Waals surface area contributed by atoms with Gasteiger partial charge in [0.15, 0.2) is 0 Å². The second-order valence-corrected chi connectivity index (χ2v) is 1.78. The van der Waals surface area contributed by atoms with E-state index in [1.807, 2.05) is 0 Å². The van der Waals surface area contributed by atoms with Crippen molar-refractivity contribution in [3.05, 3.63) is 0 Å². The largest absolute Gasteiger partial charge is 0.390 e. The third kappa shape index (κ3) is 2.41. The smallest absolute Gasteiger partial charge is 0.254 e. The van der Waals surface area contributed by atoms with Gasteiger partial charge in [-0.2, -0.15) is 0 Å². The predicted molar refractivity (Wildman–Crippen MR) is 30.4 cm³/mol. The highest BCUT2D eigenvalue weighted by Crippen LogP contribution is 2.00. The van der Waals surface area contributed by atoms with E-state index in [-0.39, 0.29) is 6.42 Å². The number of halogens is 1. The molecule has 0 saturated carbocycles. The molecule has 2 unspecified atom stereocenters. The molecule has 1 amide bonds. The standard InChI is InChI=1S/C5H10FNO2/c1-2-3(8)4(6)5(7)9/h3-4,8H,2H2,1H3,(H2,7,9). The minimum Gasteiger partial charge on any atom is -0.390 e. The first kappa shape index (κ1) is 8.36. The van der Waals surface area contributed by atoms with Gasteiger partial charge >= 0.3 is 0 Å². The summed E-state index contributed by atoms with van der Waals surface area (Å²) in [6.07, 6.45) is -2.97. The van der Waals surface area contributed by atoms with E-state index in [0.29, 0.717) is 0 Å². The summed E-state index contributed by atoms with van der Waals surface area (Å²) < 4.78 is 12.2. The Hall–Kier alpha value is -0.640.